The fraction of sp³-hybridized carbons (Fsp3) is 0.667. The van der Waals surface area contributed by atoms with Crippen molar-refractivity contribution in [2.24, 2.45) is 0 Å². The van der Waals surface area contributed by atoms with Gasteiger partial charge in [0.1, 0.15) is 11.0 Å². The normalized spacial score (nSPS) is 10.9. The topological polar surface area (TPSA) is 17.8 Å². The Morgan fingerprint density at radius 3 is 2.57 bits per heavy atom. The van der Waals surface area contributed by atoms with E-state index in [1.807, 2.05) is 11.5 Å². The summed E-state index contributed by atoms with van der Waals surface area (Å²) in [5, 5.41) is 0.937. The van der Waals surface area contributed by atoms with Gasteiger partial charge in [-0.15, -0.1) is 11.6 Å². The van der Waals surface area contributed by atoms with E-state index in [4.69, 9.17) is 34.8 Å². The monoisotopic (exact) mass is 254 g/mol. The number of aromatic nitrogens is 2. The number of aryl methyl sites for hydroxylation is 1. The van der Waals surface area contributed by atoms with Crippen LogP contribution in [0.3, 0.4) is 0 Å². The Bertz CT molecular complexity index is 296. The minimum Gasteiger partial charge on any atom is -0.318 e. The van der Waals surface area contributed by atoms with E-state index in [0.29, 0.717) is 16.2 Å². The summed E-state index contributed by atoms with van der Waals surface area (Å²) in [6.45, 7) is 2.88. The van der Waals surface area contributed by atoms with Gasteiger partial charge in [0.15, 0.2) is 5.15 Å². The molecule has 0 spiro atoms. The Labute approximate surface area is 99.2 Å². The van der Waals surface area contributed by atoms with E-state index in [1.54, 1.807) is 0 Å². The number of hydrogen-bond donors (Lipinski definition) is 0. The summed E-state index contributed by atoms with van der Waals surface area (Å²) in [6, 6.07) is 0. The van der Waals surface area contributed by atoms with Crippen molar-refractivity contribution in [2.45, 2.75) is 32.7 Å². The van der Waals surface area contributed by atoms with Crippen molar-refractivity contribution in [3.05, 3.63) is 16.1 Å². The highest BCUT2D eigenvalue weighted by atomic mass is 35.5. The Kier molecular flexibility index (Phi) is 5.07. The molecule has 0 saturated heterocycles. The highest BCUT2D eigenvalue weighted by molar-refractivity contribution is 6.40. The van der Waals surface area contributed by atoms with Gasteiger partial charge in [0, 0.05) is 18.8 Å². The van der Waals surface area contributed by atoms with Crippen LogP contribution in [0.2, 0.25) is 10.3 Å². The third kappa shape index (κ3) is 2.78. The van der Waals surface area contributed by atoms with Gasteiger partial charge in [-0.25, -0.2) is 4.98 Å². The van der Waals surface area contributed by atoms with Crippen molar-refractivity contribution in [2.75, 3.05) is 5.88 Å². The molecule has 0 unspecified atom stereocenters. The molecule has 0 atom stereocenters. The maximum atomic E-state index is 6.01. The van der Waals surface area contributed by atoms with Crippen molar-refractivity contribution in [1.82, 2.24) is 9.55 Å². The van der Waals surface area contributed by atoms with Crippen LogP contribution in [0.25, 0.3) is 0 Å². The van der Waals surface area contributed by atoms with Gasteiger partial charge in [0.2, 0.25) is 0 Å². The molecule has 0 saturated carbocycles. The average molecular weight is 256 g/mol. The molecule has 1 aromatic heterocycles. The van der Waals surface area contributed by atoms with Crippen LogP contribution in [0.4, 0.5) is 0 Å². The maximum absolute atomic E-state index is 6.01. The third-order valence-electron chi connectivity index (χ3n) is 2.03. The second-order valence-corrected chi connectivity index (χ2v) is 4.10. The molecule has 0 aliphatic heterocycles. The first-order valence-electron chi connectivity index (χ1n) is 4.67. The predicted octanol–water partition coefficient (Wildman–Crippen LogP) is 3.77. The largest absolute Gasteiger partial charge is 0.318 e. The van der Waals surface area contributed by atoms with Crippen molar-refractivity contribution < 1.29 is 0 Å². The van der Waals surface area contributed by atoms with E-state index in [2.05, 4.69) is 4.98 Å². The minimum atomic E-state index is 0.398. The minimum absolute atomic E-state index is 0.398. The average Bonchev–Trinajstić information content (AvgIpc) is 2.45. The zero-order chi connectivity index (χ0) is 10.6. The van der Waals surface area contributed by atoms with Gasteiger partial charge in [-0.2, -0.15) is 0 Å². The summed E-state index contributed by atoms with van der Waals surface area (Å²) in [7, 11) is 0. The Morgan fingerprint density at radius 1 is 1.29 bits per heavy atom. The molecule has 1 heterocycles. The molecule has 1 aromatic rings. The maximum Gasteiger partial charge on any atom is 0.166 e. The number of rotatable bonds is 5. The molecule has 80 valence electrons. The molecule has 0 bridgehead atoms. The van der Waals surface area contributed by atoms with Gasteiger partial charge < -0.3 is 4.57 Å². The number of halogens is 3. The first kappa shape index (κ1) is 12.2. The lowest BCUT2D eigenvalue weighted by Gasteiger charge is -2.06. The lowest BCUT2D eigenvalue weighted by Crippen LogP contribution is -2.03. The van der Waals surface area contributed by atoms with Crippen LogP contribution in [0, 0.1) is 0 Å². The van der Waals surface area contributed by atoms with Crippen LogP contribution in [-0.2, 0) is 13.0 Å². The van der Waals surface area contributed by atoms with Crippen LogP contribution in [0.15, 0.2) is 0 Å². The lowest BCUT2D eigenvalue weighted by atomic mass is 10.3. The summed E-state index contributed by atoms with van der Waals surface area (Å²) in [5.41, 5.74) is 0. The van der Waals surface area contributed by atoms with Crippen molar-refractivity contribution in [3.63, 3.8) is 0 Å². The van der Waals surface area contributed by atoms with E-state index in [0.717, 1.165) is 31.6 Å². The molecule has 0 aliphatic rings. The highest BCUT2D eigenvalue weighted by Crippen LogP contribution is 2.23. The second kappa shape index (κ2) is 5.84. The molecule has 0 radical (unpaired) electrons. The summed E-state index contributed by atoms with van der Waals surface area (Å²) in [5.74, 6) is 1.62. The number of nitrogens with zero attached hydrogens (tertiary/aromatic N) is 2. The van der Waals surface area contributed by atoms with Crippen LogP contribution in [-0.4, -0.2) is 15.4 Å². The molecule has 0 aliphatic carbocycles. The molecule has 0 fully saturated rings. The van der Waals surface area contributed by atoms with E-state index in [-0.39, 0.29) is 0 Å². The zero-order valence-corrected chi connectivity index (χ0v) is 10.3. The van der Waals surface area contributed by atoms with Gasteiger partial charge in [-0.05, 0) is 12.8 Å². The predicted molar refractivity (Wildman–Crippen MR) is 61.6 cm³/mol. The summed E-state index contributed by atoms with van der Waals surface area (Å²) in [4.78, 5) is 4.17. The van der Waals surface area contributed by atoms with Crippen molar-refractivity contribution in [3.8, 4) is 0 Å². The van der Waals surface area contributed by atoms with Crippen molar-refractivity contribution in [1.29, 1.82) is 0 Å². The van der Waals surface area contributed by atoms with Gasteiger partial charge >= 0.3 is 0 Å². The molecular formula is C9H13Cl3N2. The van der Waals surface area contributed by atoms with E-state index in [9.17, 15) is 0 Å². The van der Waals surface area contributed by atoms with E-state index >= 15 is 0 Å². The first-order valence-corrected chi connectivity index (χ1v) is 5.96. The van der Waals surface area contributed by atoms with Gasteiger partial charge in [-0.1, -0.05) is 30.1 Å². The standard InChI is InChI=1S/C9H13Cl3N2/c1-2-7-13-8(11)9(12)14(7)6-4-3-5-10/h2-6H2,1H3. The lowest BCUT2D eigenvalue weighted by molar-refractivity contribution is 0.608. The zero-order valence-electron chi connectivity index (χ0n) is 8.06. The third-order valence-corrected chi connectivity index (χ3v) is 3.04. The molecule has 5 heteroatoms. The SMILES string of the molecule is CCc1nc(Cl)c(Cl)n1CCCCCl. The number of hydrogen-bond acceptors (Lipinski definition) is 1. The molecule has 2 nitrogen and oxygen atoms in total. The summed E-state index contributed by atoms with van der Waals surface area (Å²) < 4.78 is 1.95. The second-order valence-electron chi connectivity index (χ2n) is 3.01. The van der Waals surface area contributed by atoms with Gasteiger partial charge in [0.25, 0.3) is 0 Å². The molecular weight excluding hydrogens is 242 g/mol. The van der Waals surface area contributed by atoms with Crippen LogP contribution >= 0.6 is 34.8 Å². The van der Waals surface area contributed by atoms with Crippen molar-refractivity contribution >= 4 is 34.8 Å². The summed E-state index contributed by atoms with van der Waals surface area (Å²) in [6.07, 6.45) is 2.83. The Hall–Kier alpha value is 0.0800. The van der Waals surface area contributed by atoms with E-state index in [1.165, 1.54) is 0 Å². The van der Waals surface area contributed by atoms with E-state index < -0.39 is 0 Å². The van der Waals surface area contributed by atoms with Gasteiger partial charge in [0.05, 0.1) is 0 Å². The molecule has 14 heavy (non-hydrogen) atoms. The summed E-state index contributed by atoms with van der Waals surface area (Å²) >= 11 is 17.4. The number of alkyl halides is 1. The highest BCUT2D eigenvalue weighted by Gasteiger charge is 2.11. The van der Waals surface area contributed by atoms with Gasteiger partial charge in [-0.3, -0.25) is 0 Å². The fourth-order valence-corrected chi connectivity index (χ4v) is 1.92. The van der Waals surface area contributed by atoms with Crippen LogP contribution in [0.5, 0.6) is 0 Å². The number of unbranched alkanes of at least 4 members (excludes halogenated alkanes) is 1. The Morgan fingerprint density at radius 2 is 2.00 bits per heavy atom. The first-order chi connectivity index (χ1) is 6.70. The van der Waals surface area contributed by atoms with Crippen LogP contribution in [0.1, 0.15) is 25.6 Å². The molecule has 0 N–H and O–H groups in total. The smallest absolute Gasteiger partial charge is 0.166 e. The fourth-order valence-electron chi connectivity index (χ4n) is 1.31. The molecule has 1 rings (SSSR count). The number of imidazole rings is 1. The van der Waals surface area contributed by atoms with Crippen LogP contribution < -0.4 is 0 Å². The Balaban J connectivity index is 2.72. The molecule has 0 aromatic carbocycles. The molecule has 0 amide bonds. The quantitative estimate of drug-likeness (QED) is 0.578.